The minimum Gasteiger partial charge on any atom is -0.291 e. The molecule has 0 N–H and O–H groups in total. The van der Waals surface area contributed by atoms with Crippen LogP contribution in [0.3, 0.4) is 0 Å². The summed E-state index contributed by atoms with van der Waals surface area (Å²) in [5.74, 6) is 0. The first-order valence-corrected chi connectivity index (χ1v) is 7.87. The molecule has 0 amide bonds. The Morgan fingerprint density at radius 1 is 1.13 bits per heavy atom. The molecule has 23 heavy (non-hydrogen) atoms. The molecule has 0 fully saturated rings. The number of rotatable bonds is 2. The van der Waals surface area contributed by atoms with Crippen molar-refractivity contribution in [2.24, 2.45) is 0 Å². The minimum atomic E-state index is -0.0292. The van der Waals surface area contributed by atoms with Crippen molar-refractivity contribution in [2.75, 3.05) is 0 Å². The zero-order valence-electron chi connectivity index (χ0n) is 12.3. The molecule has 0 bridgehead atoms. The van der Waals surface area contributed by atoms with E-state index in [0.717, 1.165) is 14.7 Å². The molecule has 3 rings (SSSR count). The fourth-order valence-corrected chi connectivity index (χ4v) is 2.77. The summed E-state index contributed by atoms with van der Waals surface area (Å²) in [6, 6.07) is 15.7. The highest BCUT2D eigenvalue weighted by atomic mass is 127. The molecule has 116 valence electrons. The molecule has 1 unspecified atom stereocenters. The molecule has 6 heteroatoms. The van der Waals surface area contributed by atoms with Gasteiger partial charge in [-0.1, -0.05) is 30.3 Å². The topological polar surface area (TPSA) is 69.0 Å². The molecule has 1 aromatic heterocycles. The Morgan fingerprint density at radius 2 is 1.78 bits per heavy atom. The number of hydrogen-bond donors (Lipinski definition) is 0. The van der Waals surface area contributed by atoms with Crippen molar-refractivity contribution in [2.45, 2.75) is 13.0 Å². The van der Waals surface area contributed by atoms with Crippen LogP contribution in [0.25, 0.3) is 10.9 Å². The fraction of sp³-hybridized carbons (Fsp3) is 0.118. The highest BCUT2D eigenvalue weighted by molar-refractivity contribution is 14.1. The molecule has 2 aromatic carbocycles. The maximum Gasteiger partial charge on any atom is 0.373 e. The molecule has 1 heterocycles. The van der Waals surface area contributed by atoms with E-state index < -0.39 is 0 Å². The highest BCUT2D eigenvalue weighted by Gasteiger charge is 2.11. The molecule has 0 spiro atoms. The monoisotopic (exact) mass is 420 g/mol. The Labute approximate surface area is 146 Å². The lowest BCUT2D eigenvalue weighted by molar-refractivity contribution is -0.191. The zero-order chi connectivity index (χ0) is 16.8. The first kappa shape index (κ1) is 17.1. The summed E-state index contributed by atoms with van der Waals surface area (Å²) in [5.41, 5.74) is 1.85. The average molecular weight is 420 g/mol. The van der Waals surface area contributed by atoms with Gasteiger partial charge < -0.3 is 0 Å². The molecule has 0 aliphatic rings. The van der Waals surface area contributed by atoms with Gasteiger partial charge in [-0.15, -0.1) is 0 Å². The predicted octanol–water partition coefficient (Wildman–Crippen LogP) is 3.03. The fourth-order valence-electron chi connectivity index (χ4n) is 2.28. The highest BCUT2D eigenvalue weighted by Crippen LogP contribution is 2.17. The van der Waals surface area contributed by atoms with Crippen LogP contribution in [0, 0.1) is 3.57 Å². The van der Waals surface area contributed by atoms with Crippen molar-refractivity contribution in [1.82, 2.24) is 9.55 Å². The summed E-state index contributed by atoms with van der Waals surface area (Å²) >= 11 is 2.21. The summed E-state index contributed by atoms with van der Waals surface area (Å²) in [4.78, 5) is 33.3. The van der Waals surface area contributed by atoms with E-state index in [2.05, 4.69) is 27.6 Å². The van der Waals surface area contributed by atoms with Crippen LogP contribution in [0.5, 0.6) is 0 Å². The summed E-state index contributed by atoms with van der Waals surface area (Å²) < 4.78 is 2.73. The Kier molecular flexibility index (Phi) is 5.78. The van der Waals surface area contributed by atoms with Crippen LogP contribution in [0.15, 0.2) is 59.7 Å². The SMILES string of the molecule is CC(c1ccccc1)n1cnc2ccc(I)cc2c1=O.O=C=O. The second kappa shape index (κ2) is 7.80. The van der Waals surface area contributed by atoms with E-state index in [1.54, 1.807) is 10.9 Å². The van der Waals surface area contributed by atoms with Gasteiger partial charge in [0.1, 0.15) is 0 Å². The molecule has 3 aromatic rings. The zero-order valence-corrected chi connectivity index (χ0v) is 14.4. The molecule has 5 nitrogen and oxygen atoms in total. The number of carbonyl (C=O) groups excluding carboxylic acids is 2. The Bertz CT molecular complexity index is 901. The summed E-state index contributed by atoms with van der Waals surface area (Å²) in [7, 11) is 0. The average Bonchev–Trinajstić information content (AvgIpc) is 2.57. The van der Waals surface area contributed by atoms with E-state index in [0.29, 0.717) is 5.39 Å². The van der Waals surface area contributed by atoms with Crippen molar-refractivity contribution in [3.63, 3.8) is 0 Å². The lowest BCUT2D eigenvalue weighted by Gasteiger charge is -2.15. The van der Waals surface area contributed by atoms with Gasteiger partial charge in [0.15, 0.2) is 0 Å². The third-order valence-corrected chi connectivity index (χ3v) is 4.11. The number of nitrogens with zero attached hydrogens (tertiary/aromatic N) is 2. The molecule has 0 saturated carbocycles. The molecule has 1 atom stereocenters. The van der Waals surface area contributed by atoms with Gasteiger partial charge in [0.05, 0.1) is 23.3 Å². The van der Waals surface area contributed by atoms with Gasteiger partial charge in [-0.25, -0.2) is 4.98 Å². The second-order valence-electron chi connectivity index (χ2n) is 4.79. The van der Waals surface area contributed by atoms with E-state index in [-0.39, 0.29) is 17.8 Å². The van der Waals surface area contributed by atoms with Crippen LogP contribution in [-0.2, 0) is 9.59 Å². The second-order valence-corrected chi connectivity index (χ2v) is 6.03. The molecular formula is C17H13IN2O3. The molecule has 0 radical (unpaired) electrons. The van der Waals surface area contributed by atoms with Crippen LogP contribution in [0.2, 0.25) is 0 Å². The van der Waals surface area contributed by atoms with Gasteiger partial charge in [0.25, 0.3) is 5.56 Å². The number of aromatic nitrogens is 2. The number of halogens is 1. The van der Waals surface area contributed by atoms with Gasteiger partial charge >= 0.3 is 6.15 Å². The van der Waals surface area contributed by atoms with Crippen LogP contribution in [0.1, 0.15) is 18.5 Å². The van der Waals surface area contributed by atoms with E-state index >= 15 is 0 Å². The predicted molar refractivity (Wildman–Crippen MR) is 94.0 cm³/mol. The largest absolute Gasteiger partial charge is 0.373 e. The van der Waals surface area contributed by atoms with E-state index in [9.17, 15) is 4.79 Å². The standard InChI is InChI=1S/C16H13IN2O.CO2/c1-11(12-5-3-2-4-6-12)19-10-18-15-8-7-13(17)9-14(15)16(19)20;2-1-3/h2-11H,1H3;. The van der Waals surface area contributed by atoms with Crippen molar-refractivity contribution in [1.29, 1.82) is 0 Å². The van der Waals surface area contributed by atoms with Gasteiger partial charge in [-0.2, -0.15) is 9.59 Å². The van der Waals surface area contributed by atoms with Gasteiger partial charge in [-0.05, 0) is 53.3 Å². The van der Waals surface area contributed by atoms with E-state index in [1.807, 2.05) is 55.5 Å². The Balaban J connectivity index is 0.000000595. The summed E-state index contributed by atoms with van der Waals surface area (Å²) in [5, 5.41) is 0.669. The summed E-state index contributed by atoms with van der Waals surface area (Å²) in [6.45, 7) is 2.01. The Hall–Kier alpha value is -2.31. The normalized spacial score (nSPS) is 11.2. The van der Waals surface area contributed by atoms with Crippen LogP contribution >= 0.6 is 22.6 Å². The maximum atomic E-state index is 12.6. The lowest BCUT2D eigenvalue weighted by atomic mass is 10.1. The van der Waals surface area contributed by atoms with Crippen molar-refractivity contribution in [3.8, 4) is 0 Å². The first-order valence-electron chi connectivity index (χ1n) is 6.79. The minimum absolute atomic E-state index is 0.00451. The first-order chi connectivity index (χ1) is 11.1. The van der Waals surface area contributed by atoms with Gasteiger partial charge in [-0.3, -0.25) is 9.36 Å². The number of hydrogen-bond acceptors (Lipinski definition) is 4. The van der Waals surface area contributed by atoms with E-state index in [4.69, 9.17) is 9.59 Å². The lowest BCUT2D eigenvalue weighted by Crippen LogP contribution is -2.24. The number of benzene rings is 2. The smallest absolute Gasteiger partial charge is 0.291 e. The quantitative estimate of drug-likeness (QED) is 0.598. The maximum absolute atomic E-state index is 12.6. The Morgan fingerprint density at radius 3 is 2.43 bits per heavy atom. The van der Waals surface area contributed by atoms with Crippen LogP contribution in [0.4, 0.5) is 0 Å². The molecular weight excluding hydrogens is 407 g/mol. The third kappa shape index (κ3) is 3.91. The van der Waals surface area contributed by atoms with E-state index in [1.165, 1.54) is 0 Å². The third-order valence-electron chi connectivity index (χ3n) is 3.44. The van der Waals surface area contributed by atoms with Crippen LogP contribution in [-0.4, -0.2) is 15.7 Å². The van der Waals surface area contributed by atoms with Crippen molar-refractivity contribution in [3.05, 3.63) is 74.3 Å². The molecule has 0 aliphatic carbocycles. The van der Waals surface area contributed by atoms with Gasteiger partial charge in [0, 0.05) is 3.57 Å². The van der Waals surface area contributed by atoms with Crippen LogP contribution < -0.4 is 5.56 Å². The molecule has 0 aliphatic heterocycles. The summed E-state index contributed by atoms with van der Waals surface area (Å²) in [6.07, 6.45) is 1.88. The van der Waals surface area contributed by atoms with Crippen molar-refractivity contribution >= 4 is 39.6 Å². The van der Waals surface area contributed by atoms with Gasteiger partial charge in [0.2, 0.25) is 0 Å². The molecule has 0 saturated heterocycles. The number of fused-ring (bicyclic) bond motifs is 1. The van der Waals surface area contributed by atoms with Crippen molar-refractivity contribution < 1.29 is 9.59 Å².